The Morgan fingerprint density at radius 2 is 1.63 bits per heavy atom. The zero-order chi connectivity index (χ0) is 19.6. The summed E-state index contributed by atoms with van der Waals surface area (Å²) in [7, 11) is 0. The summed E-state index contributed by atoms with van der Waals surface area (Å²) in [6, 6.07) is 12.1. The number of hydrogen-bond acceptors (Lipinski definition) is 3. The fourth-order valence-corrected chi connectivity index (χ4v) is 3.92. The van der Waals surface area contributed by atoms with Gasteiger partial charge in [0.05, 0.1) is 4.88 Å². The van der Waals surface area contributed by atoms with Crippen molar-refractivity contribution in [3.05, 3.63) is 80.0 Å². The molecule has 4 heteroatoms. The lowest BCUT2D eigenvalue weighted by molar-refractivity contribution is 0.103. The van der Waals surface area contributed by atoms with Crippen LogP contribution in [0.5, 0.6) is 5.75 Å². The Bertz CT molecular complexity index is 965. The van der Waals surface area contributed by atoms with Gasteiger partial charge >= 0.3 is 0 Å². The number of carbonyl (C=O) groups is 1. The lowest BCUT2D eigenvalue weighted by atomic mass is 10.1. The van der Waals surface area contributed by atoms with Gasteiger partial charge in [-0.1, -0.05) is 23.8 Å². The van der Waals surface area contributed by atoms with E-state index >= 15 is 0 Å². The largest absolute Gasteiger partial charge is 0.488 e. The van der Waals surface area contributed by atoms with Gasteiger partial charge in [-0.05, 0) is 80.5 Å². The molecule has 140 valence electrons. The molecule has 3 rings (SSSR count). The molecule has 0 saturated carbocycles. The quantitative estimate of drug-likeness (QED) is 0.580. The number of nitrogens with one attached hydrogen (secondary N) is 1. The molecule has 1 N–H and O–H groups in total. The minimum absolute atomic E-state index is 0.0859. The number of benzene rings is 2. The highest BCUT2D eigenvalue weighted by atomic mass is 32.1. The van der Waals surface area contributed by atoms with Crippen molar-refractivity contribution in [2.75, 3.05) is 5.32 Å². The zero-order valence-corrected chi connectivity index (χ0v) is 17.3. The van der Waals surface area contributed by atoms with Crippen LogP contribution in [0.15, 0.2) is 41.8 Å². The fraction of sp³-hybridized carbons (Fsp3) is 0.261. The average molecular weight is 380 g/mol. The molecule has 0 atom stereocenters. The van der Waals surface area contributed by atoms with Crippen LogP contribution in [0.4, 0.5) is 5.69 Å². The lowest BCUT2D eigenvalue weighted by Gasteiger charge is -2.12. The first kappa shape index (κ1) is 19.2. The third kappa shape index (κ3) is 4.58. The van der Waals surface area contributed by atoms with Crippen molar-refractivity contribution in [2.45, 2.75) is 41.2 Å². The third-order valence-corrected chi connectivity index (χ3v) is 5.61. The highest BCUT2D eigenvalue weighted by molar-refractivity contribution is 7.12. The number of rotatable bonds is 5. The lowest BCUT2D eigenvalue weighted by Crippen LogP contribution is -2.10. The zero-order valence-electron chi connectivity index (χ0n) is 16.5. The molecular formula is C23H25NO2S. The first-order chi connectivity index (χ1) is 12.8. The molecule has 1 amide bonds. The molecule has 3 aromatic rings. The number of hydrogen-bond donors (Lipinski definition) is 1. The molecule has 0 bridgehead atoms. The van der Waals surface area contributed by atoms with Crippen molar-refractivity contribution < 1.29 is 9.53 Å². The highest BCUT2D eigenvalue weighted by Gasteiger charge is 2.11. The Morgan fingerprint density at radius 1 is 0.926 bits per heavy atom. The average Bonchev–Trinajstić information content (AvgIpc) is 3.06. The van der Waals surface area contributed by atoms with Crippen LogP contribution in [0.25, 0.3) is 0 Å². The Morgan fingerprint density at radius 3 is 2.30 bits per heavy atom. The number of amides is 1. The van der Waals surface area contributed by atoms with E-state index in [4.69, 9.17) is 4.74 Å². The van der Waals surface area contributed by atoms with Crippen LogP contribution in [0.3, 0.4) is 0 Å². The smallest absolute Gasteiger partial charge is 0.265 e. The van der Waals surface area contributed by atoms with E-state index in [1.54, 1.807) is 0 Å². The molecule has 0 spiro atoms. The maximum atomic E-state index is 12.5. The molecule has 27 heavy (non-hydrogen) atoms. The van der Waals surface area contributed by atoms with Gasteiger partial charge in [-0.15, -0.1) is 11.3 Å². The predicted molar refractivity (Wildman–Crippen MR) is 113 cm³/mol. The van der Waals surface area contributed by atoms with Crippen molar-refractivity contribution in [1.82, 2.24) is 0 Å². The molecule has 0 unspecified atom stereocenters. The summed E-state index contributed by atoms with van der Waals surface area (Å²) in [5, 5.41) is 4.95. The summed E-state index contributed by atoms with van der Waals surface area (Å²) >= 11 is 1.44. The fourth-order valence-electron chi connectivity index (χ4n) is 3.13. The molecule has 0 fully saturated rings. The van der Waals surface area contributed by atoms with Gasteiger partial charge in [-0.2, -0.15) is 0 Å². The van der Waals surface area contributed by atoms with Crippen molar-refractivity contribution in [3.63, 3.8) is 0 Å². The summed E-state index contributed by atoms with van der Waals surface area (Å²) < 4.78 is 6.02. The number of carbonyl (C=O) groups excluding carboxylic acids is 1. The minimum atomic E-state index is -0.0859. The van der Waals surface area contributed by atoms with Crippen molar-refractivity contribution in [3.8, 4) is 5.75 Å². The van der Waals surface area contributed by atoms with E-state index in [0.29, 0.717) is 11.5 Å². The topological polar surface area (TPSA) is 38.3 Å². The summed E-state index contributed by atoms with van der Waals surface area (Å²) in [6.45, 7) is 10.8. The highest BCUT2D eigenvalue weighted by Crippen LogP contribution is 2.26. The Labute approximate surface area is 165 Å². The van der Waals surface area contributed by atoms with Gasteiger partial charge in [0.1, 0.15) is 12.4 Å². The summed E-state index contributed by atoms with van der Waals surface area (Å²) in [4.78, 5) is 13.2. The maximum absolute atomic E-state index is 12.5. The Kier molecular flexibility index (Phi) is 5.66. The molecule has 0 aliphatic heterocycles. The second kappa shape index (κ2) is 7.97. The summed E-state index contributed by atoms with van der Waals surface area (Å²) in [6.07, 6.45) is 0. The molecule has 0 saturated heterocycles. The van der Waals surface area contributed by atoms with Crippen molar-refractivity contribution in [2.24, 2.45) is 0 Å². The van der Waals surface area contributed by atoms with Gasteiger partial charge in [0.15, 0.2) is 0 Å². The molecule has 0 radical (unpaired) electrons. The molecular weight excluding hydrogens is 354 g/mol. The molecule has 1 aromatic heterocycles. The summed E-state index contributed by atoms with van der Waals surface area (Å²) in [5.74, 6) is 0.838. The number of aryl methyl sites for hydroxylation is 5. The molecule has 2 aromatic carbocycles. The number of thiophene rings is 1. The minimum Gasteiger partial charge on any atom is -0.488 e. The van der Waals surface area contributed by atoms with E-state index < -0.39 is 0 Å². The second-order valence-corrected chi connectivity index (χ2v) is 8.00. The van der Waals surface area contributed by atoms with Crippen LogP contribution in [0.1, 0.15) is 43.1 Å². The van der Waals surface area contributed by atoms with Crippen LogP contribution in [0, 0.1) is 34.6 Å². The predicted octanol–water partition coefficient (Wildman–Crippen LogP) is 6.12. The molecule has 1 heterocycles. The van der Waals surface area contributed by atoms with Gasteiger partial charge in [-0.3, -0.25) is 4.79 Å². The normalized spacial score (nSPS) is 10.7. The standard InChI is InChI=1S/C23H25NO2S/c1-14-8-17(4)22(18(5)9-14)26-12-19-11-21(27-13-19)23(25)24-20-7-6-15(2)16(3)10-20/h6-11,13H,12H2,1-5H3,(H,24,25). The third-order valence-electron chi connectivity index (χ3n) is 4.63. The first-order valence-electron chi connectivity index (χ1n) is 9.00. The van der Waals surface area contributed by atoms with Gasteiger partial charge in [-0.25, -0.2) is 0 Å². The van der Waals surface area contributed by atoms with Crippen molar-refractivity contribution in [1.29, 1.82) is 0 Å². The number of anilines is 1. The molecule has 3 nitrogen and oxygen atoms in total. The monoisotopic (exact) mass is 379 g/mol. The molecule has 0 aliphatic carbocycles. The van der Waals surface area contributed by atoms with Crippen LogP contribution in [-0.2, 0) is 6.61 Å². The Hall–Kier alpha value is -2.59. The van der Waals surface area contributed by atoms with E-state index in [2.05, 4.69) is 45.1 Å². The van der Waals surface area contributed by atoms with Gasteiger partial charge < -0.3 is 10.1 Å². The Balaban J connectivity index is 1.66. The maximum Gasteiger partial charge on any atom is 0.265 e. The van der Waals surface area contributed by atoms with Crippen LogP contribution < -0.4 is 10.1 Å². The van der Waals surface area contributed by atoms with Gasteiger partial charge in [0.2, 0.25) is 0 Å². The van der Waals surface area contributed by atoms with Gasteiger partial charge in [0.25, 0.3) is 5.91 Å². The number of ether oxygens (including phenoxy) is 1. The first-order valence-corrected chi connectivity index (χ1v) is 9.88. The van der Waals surface area contributed by atoms with E-state index in [-0.39, 0.29) is 5.91 Å². The van der Waals surface area contributed by atoms with Crippen molar-refractivity contribution >= 4 is 22.9 Å². The van der Waals surface area contributed by atoms with Crippen LogP contribution in [0.2, 0.25) is 0 Å². The summed E-state index contributed by atoms with van der Waals surface area (Å²) in [5.41, 5.74) is 7.70. The molecule has 0 aliphatic rings. The van der Waals surface area contributed by atoms with E-state index in [9.17, 15) is 4.79 Å². The van der Waals surface area contributed by atoms with E-state index in [1.165, 1.54) is 22.5 Å². The van der Waals surface area contributed by atoms with Gasteiger partial charge in [0, 0.05) is 11.3 Å². The van der Waals surface area contributed by atoms with E-state index in [0.717, 1.165) is 33.7 Å². The van der Waals surface area contributed by atoms with Crippen LogP contribution >= 0.6 is 11.3 Å². The van der Waals surface area contributed by atoms with Crippen LogP contribution in [-0.4, -0.2) is 5.91 Å². The SMILES string of the molecule is Cc1cc(C)c(OCc2csc(C(=O)Nc3ccc(C)c(C)c3)c2)c(C)c1. The van der Waals surface area contributed by atoms with E-state index in [1.807, 2.05) is 36.6 Å². The second-order valence-electron chi connectivity index (χ2n) is 7.09.